The van der Waals surface area contributed by atoms with E-state index in [9.17, 15) is 14.4 Å². The molecule has 1 rings (SSSR count). The van der Waals surface area contributed by atoms with Crippen LogP contribution in [-0.4, -0.2) is 29.6 Å². The maximum atomic E-state index is 11.3. The molecule has 1 aliphatic rings. The van der Waals surface area contributed by atoms with Crippen molar-refractivity contribution in [2.75, 3.05) is 6.54 Å². The number of carbonyl (C=O) groups excluding carboxylic acids is 2. The van der Waals surface area contributed by atoms with E-state index in [0.717, 1.165) is 18.9 Å². The van der Waals surface area contributed by atoms with Crippen molar-refractivity contribution in [2.45, 2.75) is 26.2 Å². The van der Waals surface area contributed by atoms with Gasteiger partial charge in [-0.2, -0.15) is 0 Å². The van der Waals surface area contributed by atoms with Crippen molar-refractivity contribution in [3.05, 3.63) is 12.2 Å². The molecule has 1 saturated carbocycles. The van der Waals surface area contributed by atoms with Crippen LogP contribution in [-0.2, 0) is 9.59 Å². The van der Waals surface area contributed by atoms with E-state index in [-0.39, 0.29) is 0 Å². The molecule has 3 amide bonds. The summed E-state index contributed by atoms with van der Waals surface area (Å²) in [6.45, 7) is 2.73. The van der Waals surface area contributed by atoms with Crippen molar-refractivity contribution in [2.24, 2.45) is 11.8 Å². The second-order valence-electron chi connectivity index (χ2n) is 4.66. The highest BCUT2D eigenvalue weighted by molar-refractivity contribution is 6.02. The SMILES string of the molecule is CC1CCC(CNC(=O)NC(=O)/C=C/C(=O)O)C1. The molecule has 0 aromatic heterocycles. The number of imide groups is 1. The Balaban J connectivity index is 2.21. The Kier molecular flexibility index (Phi) is 5.35. The molecule has 0 radical (unpaired) electrons. The van der Waals surface area contributed by atoms with Gasteiger partial charge in [-0.3, -0.25) is 10.1 Å². The van der Waals surface area contributed by atoms with Gasteiger partial charge in [0, 0.05) is 18.7 Å². The summed E-state index contributed by atoms with van der Waals surface area (Å²) in [6.07, 6.45) is 4.84. The largest absolute Gasteiger partial charge is 0.478 e. The van der Waals surface area contributed by atoms with Crippen LogP contribution in [0.1, 0.15) is 26.2 Å². The minimum atomic E-state index is -1.23. The van der Waals surface area contributed by atoms with Gasteiger partial charge in [0.2, 0.25) is 0 Å². The van der Waals surface area contributed by atoms with Gasteiger partial charge in [0.25, 0.3) is 5.91 Å². The Labute approximate surface area is 105 Å². The lowest BCUT2D eigenvalue weighted by molar-refractivity contribution is -0.131. The highest BCUT2D eigenvalue weighted by Gasteiger charge is 2.21. The van der Waals surface area contributed by atoms with Crippen LogP contribution < -0.4 is 10.6 Å². The molecule has 6 heteroatoms. The number of carboxylic acids is 1. The average Bonchev–Trinajstić information content (AvgIpc) is 2.70. The second kappa shape index (κ2) is 6.78. The summed E-state index contributed by atoms with van der Waals surface area (Å²) in [5.41, 5.74) is 0. The van der Waals surface area contributed by atoms with E-state index in [0.29, 0.717) is 24.5 Å². The molecular formula is C12H18N2O4. The number of nitrogens with one attached hydrogen (secondary N) is 2. The van der Waals surface area contributed by atoms with Crippen molar-refractivity contribution in [1.29, 1.82) is 0 Å². The predicted molar refractivity (Wildman–Crippen MR) is 64.8 cm³/mol. The minimum Gasteiger partial charge on any atom is -0.478 e. The fraction of sp³-hybridized carbons (Fsp3) is 0.583. The van der Waals surface area contributed by atoms with Crippen LogP contribution in [0, 0.1) is 11.8 Å². The zero-order valence-electron chi connectivity index (χ0n) is 10.3. The van der Waals surface area contributed by atoms with Crippen LogP contribution in [0.3, 0.4) is 0 Å². The van der Waals surface area contributed by atoms with Gasteiger partial charge in [-0.25, -0.2) is 9.59 Å². The third-order valence-corrected chi connectivity index (χ3v) is 2.97. The third-order valence-electron chi connectivity index (χ3n) is 2.97. The highest BCUT2D eigenvalue weighted by Crippen LogP contribution is 2.29. The van der Waals surface area contributed by atoms with Gasteiger partial charge in [-0.1, -0.05) is 13.3 Å². The lowest BCUT2D eigenvalue weighted by Crippen LogP contribution is -2.40. The first-order valence-electron chi connectivity index (χ1n) is 5.97. The van der Waals surface area contributed by atoms with E-state index in [1.165, 1.54) is 6.42 Å². The Morgan fingerprint density at radius 3 is 2.56 bits per heavy atom. The molecule has 6 nitrogen and oxygen atoms in total. The minimum absolute atomic E-state index is 0.468. The van der Waals surface area contributed by atoms with Gasteiger partial charge < -0.3 is 10.4 Å². The standard InChI is InChI=1S/C12H18N2O4/c1-8-2-3-9(6-8)7-13-12(18)14-10(15)4-5-11(16)17/h4-5,8-9H,2-3,6-7H2,1H3,(H,16,17)(H2,13,14,15,18)/b5-4+. The number of carboxylic acid groups (broad SMARTS) is 1. The number of aliphatic carboxylic acids is 1. The van der Waals surface area contributed by atoms with Gasteiger partial charge in [0.15, 0.2) is 0 Å². The smallest absolute Gasteiger partial charge is 0.328 e. The molecule has 2 unspecified atom stereocenters. The van der Waals surface area contributed by atoms with Crippen LogP contribution in [0.25, 0.3) is 0 Å². The van der Waals surface area contributed by atoms with E-state index < -0.39 is 17.9 Å². The summed E-state index contributed by atoms with van der Waals surface area (Å²) in [6, 6.07) is -0.588. The summed E-state index contributed by atoms with van der Waals surface area (Å²) in [5.74, 6) is -0.810. The molecular weight excluding hydrogens is 236 g/mol. The maximum absolute atomic E-state index is 11.3. The summed E-state index contributed by atoms with van der Waals surface area (Å²) < 4.78 is 0. The molecule has 0 heterocycles. The molecule has 0 aromatic rings. The topological polar surface area (TPSA) is 95.5 Å². The van der Waals surface area contributed by atoms with Crippen LogP contribution >= 0.6 is 0 Å². The van der Waals surface area contributed by atoms with E-state index in [1.54, 1.807) is 0 Å². The molecule has 0 aromatic carbocycles. The third kappa shape index (κ3) is 5.47. The molecule has 1 aliphatic carbocycles. The normalized spacial score (nSPS) is 22.9. The number of urea groups is 1. The first-order valence-corrected chi connectivity index (χ1v) is 5.97. The van der Waals surface area contributed by atoms with Crippen LogP contribution in [0.5, 0.6) is 0 Å². The van der Waals surface area contributed by atoms with Gasteiger partial charge in [0.05, 0.1) is 0 Å². The van der Waals surface area contributed by atoms with Gasteiger partial charge in [0.1, 0.15) is 0 Å². The molecule has 0 spiro atoms. The number of rotatable bonds is 4. The van der Waals surface area contributed by atoms with Crippen molar-refractivity contribution in [1.82, 2.24) is 10.6 Å². The zero-order chi connectivity index (χ0) is 13.5. The summed E-state index contributed by atoms with van der Waals surface area (Å²) in [4.78, 5) is 32.5. The lowest BCUT2D eigenvalue weighted by atomic mass is 10.1. The van der Waals surface area contributed by atoms with Crippen molar-refractivity contribution < 1.29 is 19.5 Å². The van der Waals surface area contributed by atoms with Crippen LogP contribution in [0.4, 0.5) is 4.79 Å². The average molecular weight is 254 g/mol. The Bertz CT molecular complexity index is 365. The van der Waals surface area contributed by atoms with Gasteiger partial charge in [-0.05, 0) is 24.7 Å². The van der Waals surface area contributed by atoms with E-state index in [2.05, 4.69) is 12.2 Å². The van der Waals surface area contributed by atoms with Crippen LogP contribution in [0.15, 0.2) is 12.2 Å². The number of hydrogen-bond acceptors (Lipinski definition) is 3. The summed E-state index contributed by atoms with van der Waals surface area (Å²) >= 11 is 0. The predicted octanol–water partition coefficient (Wildman–Crippen LogP) is 0.889. The summed E-state index contributed by atoms with van der Waals surface area (Å²) in [7, 11) is 0. The zero-order valence-corrected chi connectivity index (χ0v) is 10.3. The van der Waals surface area contributed by atoms with Gasteiger partial charge in [-0.15, -0.1) is 0 Å². The molecule has 3 N–H and O–H groups in total. The van der Waals surface area contributed by atoms with Crippen LogP contribution in [0.2, 0.25) is 0 Å². The van der Waals surface area contributed by atoms with Crippen molar-refractivity contribution in [3.8, 4) is 0 Å². The molecule has 2 atom stereocenters. The quantitative estimate of drug-likeness (QED) is 0.649. The molecule has 1 fully saturated rings. The fourth-order valence-electron chi connectivity index (χ4n) is 2.09. The highest BCUT2D eigenvalue weighted by atomic mass is 16.4. The first-order chi connectivity index (χ1) is 8.47. The first kappa shape index (κ1) is 14.2. The van der Waals surface area contributed by atoms with E-state index >= 15 is 0 Å². The Morgan fingerprint density at radius 2 is 2.00 bits per heavy atom. The number of hydrogen-bond donors (Lipinski definition) is 3. The second-order valence-corrected chi connectivity index (χ2v) is 4.66. The van der Waals surface area contributed by atoms with E-state index in [1.807, 2.05) is 5.32 Å². The fourth-order valence-corrected chi connectivity index (χ4v) is 2.09. The molecule has 0 aliphatic heterocycles. The number of amides is 3. The van der Waals surface area contributed by atoms with Crippen molar-refractivity contribution in [3.63, 3.8) is 0 Å². The molecule has 100 valence electrons. The lowest BCUT2D eigenvalue weighted by Gasteiger charge is -2.10. The maximum Gasteiger partial charge on any atom is 0.328 e. The Morgan fingerprint density at radius 1 is 1.28 bits per heavy atom. The molecule has 0 saturated heterocycles. The molecule has 18 heavy (non-hydrogen) atoms. The van der Waals surface area contributed by atoms with E-state index in [4.69, 9.17) is 5.11 Å². The molecule has 0 bridgehead atoms. The monoisotopic (exact) mass is 254 g/mol. The Hall–Kier alpha value is -1.85. The summed E-state index contributed by atoms with van der Waals surface area (Å²) in [5, 5.41) is 12.9. The van der Waals surface area contributed by atoms with Gasteiger partial charge >= 0.3 is 12.0 Å². The van der Waals surface area contributed by atoms with Crippen molar-refractivity contribution >= 4 is 17.9 Å². The number of carbonyl (C=O) groups is 3.